The normalized spacial score (nSPS) is 11.8. The minimum atomic E-state index is 0.856. The highest BCUT2D eigenvalue weighted by molar-refractivity contribution is 6.22. The van der Waals surface area contributed by atoms with Crippen LogP contribution in [0.3, 0.4) is 0 Å². The summed E-state index contributed by atoms with van der Waals surface area (Å²) < 4.78 is 12.4. The Hall–Kier alpha value is -5.60. The Kier molecular flexibility index (Phi) is 4.93. The van der Waals surface area contributed by atoms with E-state index in [9.17, 15) is 0 Å². The zero-order valence-electron chi connectivity index (χ0n) is 22.7. The molecule has 0 aliphatic carbocycles. The van der Waals surface area contributed by atoms with Crippen LogP contribution in [0.4, 0.5) is 0 Å². The van der Waals surface area contributed by atoms with Crippen LogP contribution in [0.1, 0.15) is 0 Å². The Balaban J connectivity index is 1.28. The molecule has 0 bridgehead atoms. The van der Waals surface area contributed by atoms with Gasteiger partial charge < -0.3 is 8.83 Å². The predicted octanol–water partition coefficient (Wildman–Crippen LogP) is 11.6. The molecule has 0 atom stereocenters. The maximum atomic E-state index is 6.44. The van der Waals surface area contributed by atoms with Gasteiger partial charge in [-0.1, -0.05) is 121 Å². The Morgan fingerprint density at radius 3 is 1.57 bits per heavy atom. The van der Waals surface area contributed by atoms with Gasteiger partial charge in [0.1, 0.15) is 16.7 Å². The minimum absolute atomic E-state index is 0.856. The number of hydrogen-bond donors (Lipinski definition) is 0. The Morgan fingerprint density at radius 2 is 0.929 bits per heavy atom. The summed E-state index contributed by atoms with van der Waals surface area (Å²) in [6.45, 7) is 0. The molecule has 9 aromatic rings. The van der Waals surface area contributed by atoms with Crippen LogP contribution >= 0.6 is 0 Å². The van der Waals surface area contributed by atoms with E-state index in [4.69, 9.17) is 8.83 Å². The third-order valence-electron chi connectivity index (χ3n) is 8.54. The molecule has 0 unspecified atom stereocenters. The van der Waals surface area contributed by atoms with Gasteiger partial charge in [0.2, 0.25) is 0 Å². The van der Waals surface area contributed by atoms with Crippen molar-refractivity contribution in [2.45, 2.75) is 0 Å². The standard InChI is InChI=1S/C40H24O2/c1-2-10-26(11-3-1)36-29-12-4-6-14-31(29)37(32-15-7-5-13-30(32)36)27-20-18-25(19-21-27)34-24-28-22-23-41-39(28)38-33-16-8-9-17-35(33)42-40(34)38/h1-24H. The van der Waals surface area contributed by atoms with Gasteiger partial charge in [-0.15, -0.1) is 0 Å². The second-order valence-electron chi connectivity index (χ2n) is 10.8. The van der Waals surface area contributed by atoms with E-state index in [0.29, 0.717) is 0 Å². The van der Waals surface area contributed by atoms with Crippen LogP contribution < -0.4 is 0 Å². The molecule has 42 heavy (non-hydrogen) atoms. The van der Waals surface area contributed by atoms with Crippen LogP contribution in [-0.4, -0.2) is 0 Å². The van der Waals surface area contributed by atoms with Gasteiger partial charge >= 0.3 is 0 Å². The van der Waals surface area contributed by atoms with Crippen molar-refractivity contribution in [3.05, 3.63) is 146 Å². The van der Waals surface area contributed by atoms with Crippen LogP contribution in [-0.2, 0) is 0 Å². The number of para-hydroxylation sites is 1. The van der Waals surface area contributed by atoms with Crippen molar-refractivity contribution in [1.82, 2.24) is 0 Å². The van der Waals surface area contributed by atoms with Crippen molar-refractivity contribution in [1.29, 1.82) is 0 Å². The molecule has 2 nitrogen and oxygen atoms in total. The number of rotatable bonds is 3. The summed E-state index contributed by atoms with van der Waals surface area (Å²) in [5, 5.41) is 8.20. The van der Waals surface area contributed by atoms with E-state index in [2.05, 4.69) is 115 Å². The summed E-state index contributed by atoms with van der Waals surface area (Å²) in [5.41, 5.74) is 9.73. The van der Waals surface area contributed by atoms with Crippen molar-refractivity contribution >= 4 is 54.5 Å². The zero-order chi connectivity index (χ0) is 27.6. The van der Waals surface area contributed by atoms with E-state index < -0.39 is 0 Å². The van der Waals surface area contributed by atoms with E-state index in [0.717, 1.165) is 44.0 Å². The van der Waals surface area contributed by atoms with Gasteiger partial charge in [-0.2, -0.15) is 0 Å². The first kappa shape index (κ1) is 23.1. The molecule has 0 aliphatic rings. The summed E-state index contributed by atoms with van der Waals surface area (Å²) in [7, 11) is 0. The van der Waals surface area contributed by atoms with Crippen LogP contribution in [0.5, 0.6) is 0 Å². The molecule has 2 heteroatoms. The van der Waals surface area contributed by atoms with E-state index >= 15 is 0 Å². The molecule has 7 aromatic carbocycles. The fourth-order valence-corrected chi connectivity index (χ4v) is 6.70. The third kappa shape index (κ3) is 3.33. The van der Waals surface area contributed by atoms with E-state index in [1.54, 1.807) is 6.26 Å². The minimum Gasteiger partial charge on any atom is -0.464 e. The lowest BCUT2D eigenvalue weighted by Crippen LogP contribution is -1.90. The highest BCUT2D eigenvalue weighted by Gasteiger charge is 2.19. The molecule has 0 saturated carbocycles. The summed E-state index contributed by atoms with van der Waals surface area (Å²) in [6.07, 6.45) is 1.76. The lowest BCUT2D eigenvalue weighted by Gasteiger charge is -2.18. The van der Waals surface area contributed by atoms with Crippen LogP contribution in [0, 0.1) is 0 Å². The summed E-state index contributed by atoms with van der Waals surface area (Å²) in [5.74, 6) is 0. The maximum absolute atomic E-state index is 6.44. The van der Waals surface area contributed by atoms with Crippen LogP contribution in [0.2, 0.25) is 0 Å². The molecule has 0 aliphatic heterocycles. The van der Waals surface area contributed by atoms with Gasteiger partial charge in [0.25, 0.3) is 0 Å². The summed E-state index contributed by atoms with van der Waals surface area (Å²) >= 11 is 0. The third-order valence-corrected chi connectivity index (χ3v) is 8.54. The second kappa shape index (κ2) is 8.95. The molecular weight excluding hydrogens is 512 g/mol. The first-order valence-corrected chi connectivity index (χ1v) is 14.3. The zero-order valence-corrected chi connectivity index (χ0v) is 22.7. The van der Waals surface area contributed by atoms with Gasteiger partial charge in [-0.05, 0) is 67.6 Å². The topological polar surface area (TPSA) is 26.3 Å². The molecule has 0 amide bonds. The average Bonchev–Trinajstić information content (AvgIpc) is 3.68. The molecule has 196 valence electrons. The lowest BCUT2D eigenvalue weighted by molar-refractivity contribution is 0.618. The van der Waals surface area contributed by atoms with Crippen molar-refractivity contribution < 1.29 is 8.83 Å². The first-order chi connectivity index (χ1) is 20.8. The molecule has 9 rings (SSSR count). The highest BCUT2D eigenvalue weighted by atomic mass is 16.3. The van der Waals surface area contributed by atoms with Crippen molar-refractivity contribution in [3.8, 4) is 33.4 Å². The van der Waals surface area contributed by atoms with Gasteiger partial charge in [-0.3, -0.25) is 0 Å². The Morgan fingerprint density at radius 1 is 0.405 bits per heavy atom. The molecule has 0 radical (unpaired) electrons. The quantitative estimate of drug-likeness (QED) is 0.210. The fraction of sp³-hybridized carbons (Fsp3) is 0. The van der Waals surface area contributed by atoms with Crippen LogP contribution in [0.25, 0.3) is 87.8 Å². The Bertz CT molecular complexity index is 2380. The van der Waals surface area contributed by atoms with E-state index in [1.807, 2.05) is 24.3 Å². The maximum Gasteiger partial charge on any atom is 0.147 e. The lowest BCUT2D eigenvalue weighted by atomic mass is 9.85. The van der Waals surface area contributed by atoms with E-state index in [1.165, 1.54) is 43.8 Å². The monoisotopic (exact) mass is 536 g/mol. The molecule has 0 saturated heterocycles. The largest absolute Gasteiger partial charge is 0.464 e. The number of fused-ring (bicyclic) bond motifs is 7. The van der Waals surface area contributed by atoms with E-state index in [-0.39, 0.29) is 0 Å². The SMILES string of the molecule is c1ccc(-c2c3ccccc3c(-c3ccc(-c4cc5ccoc5c5c4oc4ccccc45)cc3)c3ccccc23)cc1. The number of benzene rings is 7. The molecular formula is C40H24O2. The molecule has 2 aromatic heterocycles. The van der Waals surface area contributed by atoms with Crippen molar-refractivity contribution in [2.75, 3.05) is 0 Å². The smallest absolute Gasteiger partial charge is 0.147 e. The number of hydrogen-bond acceptors (Lipinski definition) is 2. The summed E-state index contributed by atoms with van der Waals surface area (Å²) in [4.78, 5) is 0. The highest BCUT2D eigenvalue weighted by Crippen LogP contribution is 2.45. The predicted molar refractivity (Wildman–Crippen MR) is 175 cm³/mol. The van der Waals surface area contributed by atoms with Crippen molar-refractivity contribution in [3.63, 3.8) is 0 Å². The molecule has 0 fully saturated rings. The fourth-order valence-electron chi connectivity index (χ4n) is 6.70. The molecule has 0 N–H and O–H groups in total. The van der Waals surface area contributed by atoms with Gasteiger partial charge in [0.15, 0.2) is 0 Å². The summed E-state index contributed by atoms with van der Waals surface area (Å²) in [6, 6.07) is 49.6. The first-order valence-electron chi connectivity index (χ1n) is 14.3. The average molecular weight is 537 g/mol. The molecule has 2 heterocycles. The van der Waals surface area contributed by atoms with Crippen molar-refractivity contribution in [2.24, 2.45) is 0 Å². The van der Waals surface area contributed by atoms with Crippen LogP contribution in [0.15, 0.2) is 155 Å². The Labute approximate surface area is 242 Å². The van der Waals surface area contributed by atoms with Gasteiger partial charge in [0.05, 0.1) is 11.6 Å². The van der Waals surface area contributed by atoms with Gasteiger partial charge in [-0.25, -0.2) is 0 Å². The van der Waals surface area contributed by atoms with Gasteiger partial charge in [0, 0.05) is 16.3 Å². The molecule has 0 spiro atoms. The number of furan rings is 2. The second-order valence-corrected chi connectivity index (χ2v) is 10.8.